The molecule has 88 valence electrons. The van der Waals surface area contributed by atoms with Crippen LogP contribution in [-0.4, -0.2) is 30.6 Å². The number of nitrogens with one attached hydrogen (secondary N) is 1. The third kappa shape index (κ3) is 2.60. The van der Waals surface area contributed by atoms with Crippen molar-refractivity contribution in [3.05, 3.63) is 35.6 Å². The van der Waals surface area contributed by atoms with Gasteiger partial charge in [0.1, 0.15) is 5.82 Å². The van der Waals surface area contributed by atoms with Gasteiger partial charge in [0, 0.05) is 31.7 Å². The molecular formula is C13H19FN2. The second kappa shape index (κ2) is 4.93. The molecule has 0 saturated carbocycles. The molecule has 2 atom stereocenters. The monoisotopic (exact) mass is 222 g/mol. The number of nitrogens with zero attached hydrogens (tertiary/aromatic N) is 1. The van der Waals surface area contributed by atoms with Gasteiger partial charge < -0.3 is 5.32 Å². The quantitative estimate of drug-likeness (QED) is 0.825. The van der Waals surface area contributed by atoms with Crippen LogP contribution in [0.25, 0.3) is 0 Å². The Balaban J connectivity index is 2.06. The average molecular weight is 222 g/mol. The number of piperazine rings is 1. The van der Waals surface area contributed by atoms with E-state index in [0.717, 1.165) is 19.6 Å². The average Bonchev–Trinajstić information content (AvgIpc) is 2.29. The smallest absolute Gasteiger partial charge is 0.123 e. The first-order valence-corrected chi connectivity index (χ1v) is 5.89. The maximum atomic E-state index is 12.8. The lowest BCUT2D eigenvalue weighted by atomic mass is 10.1. The van der Waals surface area contributed by atoms with Crippen LogP contribution in [0, 0.1) is 5.82 Å². The van der Waals surface area contributed by atoms with Crippen molar-refractivity contribution in [3.8, 4) is 0 Å². The zero-order valence-corrected chi connectivity index (χ0v) is 9.91. The predicted octanol–water partition coefficient (Wildman–Crippen LogP) is 2.18. The van der Waals surface area contributed by atoms with E-state index >= 15 is 0 Å². The fourth-order valence-corrected chi connectivity index (χ4v) is 2.27. The topological polar surface area (TPSA) is 15.3 Å². The summed E-state index contributed by atoms with van der Waals surface area (Å²) in [6, 6.07) is 7.75. The van der Waals surface area contributed by atoms with Gasteiger partial charge in [-0.1, -0.05) is 12.1 Å². The van der Waals surface area contributed by atoms with Crippen molar-refractivity contribution >= 4 is 0 Å². The van der Waals surface area contributed by atoms with Crippen LogP contribution in [0.1, 0.15) is 25.5 Å². The number of halogens is 1. The highest BCUT2D eigenvalue weighted by atomic mass is 19.1. The van der Waals surface area contributed by atoms with Gasteiger partial charge in [0.05, 0.1) is 0 Å². The molecular weight excluding hydrogens is 203 g/mol. The van der Waals surface area contributed by atoms with Crippen molar-refractivity contribution < 1.29 is 4.39 Å². The summed E-state index contributed by atoms with van der Waals surface area (Å²) in [6.45, 7) is 7.53. The van der Waals surface area contributed by atoms with Gasteiger partial charge in [-0.2, -0.15) is 0 Å². The molecule has 1 aromatic carbocycles. The Morgan fingerprint density at radius 1 is 1.38 bits per heavy atom. The van der Waals surface area contributed by atoms with E-state index in [1.54, 1.807) is 0 Å². The Morgan fingerprint density at radius 3 is 2.69 bits per heavy atom. The molecule has 1 N–H and O–H groups in total. The van der Waals surface area contributed by atoms with Gasteiger partial charge in [0.25, 0.3) is 0 Å². The van der Waals surface area contributed by atoms with E-state index in [2.05, 4.69) is 24.1 Å². The van der Waals surface area contributed by atoms with E-state index in [1.807, 2.05) is 12.1 Å². The Labute approximate surface area is 96.5 Å². The fraction of sp³-hybridized carbons (Fsp3) is 0.538. The van der Waals surface area contributed by atoms with Crippen LogP contribution in [0.2, 0.25) is 0 Å². The van der Waals surface area contributed by atoms with Crippen LogP contribution in [-0.2, 0) is 0 Å². The van der Waals surface area contributed by atoms with Crippen molar-refractivity contribution in [3.63, 3.8) is 0 Å². The normalized spacial score (nSPS) is 24.3. The molecule has 0 spiro atoms. The third-order valence-corrected chi connectivity index (χ3v) is 3.30. The zero-order valence-electron chi connectivity index (χ0n) is 9.91. The van der Waals surface area contributed by atoms with E-state index in [1.165, 1.54) is 17.7 Å². The van der Waals surface area contributed by atoms with Crippen LogP contribution in [0.5, 0.6) is 0 Å². The first kappa shape index (κ1) is 11.6. The molecule has 0 aromatic heterocycles. The number of benzene rings is 1. The Morgan fingerprint density at radius 2 is 2.06 bits per heavy atom. The summed E-state index contributed by atoms with van der Waals surface area (Å²) in [5.41, 5.74) is 1.19. The lowest BCUT2D eigenvalue weighted by Gasteiger charge is -2.36. The van der Waals surface area contributed by atoms with E-state index in [0.29, 0.717) is 12.1 Å². The van der Waals surface area contributed by atoms with E-state index in [9.17, 15) is 4.39 Å². The van der Waals surface area contributed by atoms with Crippen LogP contribution >= 0.6 is 0 Å². The maximum absolute atomic E-state index is 12.8. The van der Waals surface area contributed by atoms with Crippen LogP contribution in [0.4, 0.5) is 4.39 Å². The zero-order chi connectivity index (χ0) is 11.5. The number of hydrogen-bond acceptors (Lipinski definition) is 2. The molecule has 3 heteroatoms. The standard InChI is InChI=1S/C13H19FN2/c1-10-9-16(8-7-15-10)11(2)12-3-5-13(14)6-4-12/h3-6,10-11,15H,7-9H2,1-2H3. The molecule has 1 fully saturated rings. The summed E-state index contributed by atoms with van der Waals surface area (Å²) in [6.07, 6.45) is 0. The minimum absolute atomic E-state index is 0.162. The second-order valence-corrected chi connectivity index (χ2v) is 4.58. The Kier molecular flexibility index (Phi) is 3.56. The minimum Gasteiger partial charge on any atom is -0.312 e. The van der Waals surface area contributed by atoms with Gasteiger partial charge in [-0.3, -0.25) is 4.90 Å². The van der Waals surface area contributed by atoms with Crippen molar-refractivity contribution in [1.29, 1.82) is 0 Å². The van der Waals surface area contributed by atoms with Crippen molar-refractivity contribution in [2.75, 3.05) is 19.6 Å². The van der Waals surface area contributed by atoms with Gasteiger partial charge in [-0.15, -0.1) is 0 Å². The summed E-state index contributed by atoms with van der Waals surface area (Å²) in [5.74, 6) is -0.162. The molecule has 0 aliphatic carbocycles. The molecule has 1 aliphatic heterocycles. The van der Waals surface area contributed by atoms with Gasteiger partial charge in [0.15, 0.2) is 0 Å². The molecule has 0 radical (unpaired) electrons. The van der Waals surface area contributed by atoms with Crippen LogP contribution < -0.4 is 5.32 Å². The SMILES string of the molecule is CC1CN(C(C)c2ccc(F)cc2)CCN1. The van der Waals surface area contributed by atoms with Gasteiger partial charge in [0.2, 0.25) is 0 Å². The highest BCUT2D eigenvalue weighted by Crippen LogP contribution is 2.21. The lowest BCUT2D eigenvalue weighted by Crippen LogP contribution is -2.49. The maximum Gasteiger partial charge on any atom is 0.123 e. The summed E-state index contributed by atoms with van der Waals surface area (Å²) < 4.78 is 12.8. The molecule has 2 unspecified atom stereocenters. The molecule has 2 nitrogen and oxygen atoms in total. The molecule has 16 heavy (non-hydrogen) atoms. The van der Waals surface area contributed by atoms with E-state index in [-0.39, 0.29) is 5.82 Å². The van der Waals surface area contributed by atoms with Crippen molar-refractivity contribution in [2.24, 2.45) is 0 Å². The van der Waals surface area contributed by atoms with Crippen LogP contribution in [0.3, 0.4) is 0 Å². The van der Waals surface area contributed by atoms with E-state index in [4.69, 9.17) is 0 Å². The first-order valence-electron chi connectivity index (χ1n) is 5.89. The predicted molar refractivity (Wildman–Crippen MR) is 63.9 cm³/mol. The molecule has 1 heterocycles. The second-order valence-electron chi connectivity index (χ2n) is 4.58. The van der Waals surface area contributed by atoms with Gasteiger partial charge in [-0.05, 0) is 31.5 Å². The summed E-state index contributed by atoms with van der Waals surface area (Å²) in [7, 11) is 0. The molecule has 1 aromatic rings. The number of rotatable bonds is 2. The highest BCUT2D eigenvalue weighted by Gasteiger charge is 2.21. The summed E-state index contributed by atoms with van der Waals surface area (Å²) >= 11 is 0. The first-order chi connectivity index (χ1) is 7.66. The minimum atomic E-state index is -0.162. The highest BCUT2D eigenvalue weighted by molar-refractivity contribution is 5.19. The summed E-state index contributed by atoms with van der Waals surface area (Å²) in [5, 5.41) is 3.43. The molecule has 0 bridgehead atoms. The summed E-state index contributed by atoms with van der Waals surface area (Å²) in [4.78, 5) is 2.44. The fourth-order valence-electron chi connectivity index (χ4n) is 2.27. The molecule has 0 amide bonds. The largest absolute Gasteiger partial charge is 0.312 e. The molecule has 2 rings (SSSR count). The Bertz CT molecular complexity index is 336. The third-order valence-electron chi connectivity index (χ3n) is 3.30. The number of hydrogen-bond donors (Lipinski definition) is 1. The van der Waals surface area contributed by atoms with Gasteiger partial charge >= 0.3 is 0 Å². The lowest BCUT2D eigenvalue weighted by molar-refractivity contribution is 0.158. The van der Waals surface area contributed by atoms with Crippen molar-refractivity contribution in [2.45, 2.75) is 25.9 Å². The van der Waals surface area contributed by atoms with Crippen LogP contribution in [0.15, 0.2) is 24.3 Å². The molecule has 1 saturated heterocycles. The van der Waals surface area contributed by atoms with E-state index < -0.39 is 0 Å². The Hall–Kier alpha value is -0.930. The van der Waals surface area contributed by atoms with Gasteiger partial charge in [-0.25, -0.2) is 4.39 Å². The molecule has 1 aliphatic rings. The van der Waals surface area contributed by atoms with Crippen molar-refractivity contribution in [1.82, 2.24) is 10.2 Å².